The highest BCUT2D eigenvalue weighted by Gasteiger charge is 2.17. The van der Waals surface area contributed by atoms with Crippen LogP contribution in [0.25, 0.3) is 44.3 Å². The molecule has 1 N–H and O–H groups in total. The Morgan fingerprint density at radius 2 is 1.38 bits per heavy atom. The van der Waals surface area contributed by atoms with Gasteiger partial charge in [0.25, 0.3) is 0 Å². The highest BCUT2D eigenvalue weighted by molar-refractivity contribution is 5.96. The molecular formula is C40H34N2O3. The van der Waals surface area contributed by atoms with Gasteiger partial charge >= 0.3 is 5.97 Å². The predicted molar refractivity (Wildman–Crippen MR) is 180 cm³/mol. The van der Waals surface area contributed by atoms with Crippen LogP contribution >= 0.6 is 0 Å². The Balaban J connectivity index is 1.20. The van der Waals surface area contributed by atoms with Gasteiger partial charge in [-0.1, -0.05) is 109 Å². The van der Waals surface area contributed by atoms with Gasteiger partial charge < -0.3 is 14.1 Å². The second kappa shape index (κ2) is 12.7. The maximum Gasteiger partial charge on any atom is 0.303 e. The maximum atomic E-state index is 11.2. The number of nitrogens with zero attached hydrogens (tertiary/aromatic N) is 2. The molecule has 0 amide bonds. The second-order valence-electron chi connectivity index (χ2n) is 11.5. The predicted octanol–water partition coefficient (Wildman–Crippen LogP) is 9.36. The van der Waals surface area contributed by atoms with Crippen molar-refractivity contribution in [2.24, 2.45) is 0 Å². The third-order valence-corrected chi connectivity index (χ3v) is 8.46. The first-order valence-corrected chi connectivity index (χ1v) is 15.5. The van der Waals surface area contributed by atoms with Gasteiger partial charge in [-0.05, 0) is 58.9 Å². The third-order valence-electron chi connectivity index (χ3n) is 8.46. The maximum absolute atomic E-state index is 11.2. The summed E-state index contributed by atoms with van der Waals surface area (Å²) in [5.41, 5.74) is 9.83. The van der Waals surface area contributed by atoms with Gasteiger partial charge in [0.1, 0.15) is 17.2 Å². The van der Waals surface area contributed by atoms with Crippen LogP contribution in [0.3, 0.4) is 0 Å². The summed E-state index contributed by atoms with van der Waals surface area (Å²) in [5, 5.41) is 10.3. The first-order chi connectivity index (χ1) is 22.1. The molecule has 0 aliphatic rings. The Labute approximate surface area is 262 Å². The summed E-state index contributed by atoms with van der Waals surface area (Å²) in [5.74, 6) is 1.18. The first kappa shape index (κ1) is 28.4. The van der Waals surface area contributed by atoms with Crippen molar-refractivity contribution in [2.75, 3.05) is 0 Å². The number of carboxylic acid groups (broad SMARTS) is 1. The summed E-state index contributed by atoms with van der Waals surface area (Å²) in [6, 6.07) is 44.2. The minimum atomic E-state index is -0.772. The summed E-state index contributed by atoms with van der Waals surface area (Å²) in [7, 11) is 0. The number of carboxylic acids is 1. The van der Waals surface area contributed by atoms with Crippen LogP contribution in [-0.2, 0) is 30.6 Å². The lowest BCUT2D eigenvalue weighted by Gasteiger charge is -2.09. The zero-order chi connectivity index (χ0) is 30.6. The molecule has 0 fully saturated rings. The van der Waals surface area contributed by atoms with Gasteiger partial charge in [0.05, 0.1) is 11.0 Å². The van der Waals surface area contributed by atoms with E-state index in [1.165, 1.54) is 11.1 Å². The monoisotopic (exact) mass is 590 g/mol. The molecule has 7 aromatic rings. The van der Waals surface area contributed by atoms with Crippen molar-refractivity contribution in [3.63, 3.8) is 0 Å². The Morgan fingerprint density at radius 3 is 2.13 bits per heavy atom. The SMILES string of the molecule is O=C(O)CCCn1c(CCc2ccccc2)nc2cc(-c3ccc(-c4c(Cc5ccccc5)oc5ccccc45)cc3)ccc21. The summed E-state index contributed by atoms with van der Waals surface area (Å²) in [6.45, 7) is 0.630. The molecule has 2 aromatic heterocycles. The molecule has 0 radical (unpaired) electrons. The highest BCUT2D eigenvalue weighted by Crippen LogP contribution is 2.37. The van der Waals surface area contributed by atoms with E-state index in [0.717, 1.165) is 75.1 Å². The highest BCUT2D eigenvalue weighted by atomic mass is 16.4. The molecule has 0 bridgehead atoms. The first-order valence-electron chi connectivity index (χ1n) is 15.5. The second-order valence-corrected chi connectivity index (χ2v) is 11.5. The van der Waals surface area contributed by atoms with Crippen molar-refractivity contribution in [3.05, 3.63) is 150 Å². The van der Waals surface area contributed by atoms with E-state index in [1.54, 1.807) is 0 Å². The fourth-order valence-electron chi connectivity index (χ4n) is 6.24. The minimum absolute atomic E-state index is 0.140. The molecule has 2 heterocycles. The molecule has 0 aliphatic carbocycles. The lowest BCUT2D eigenvalue weighted by molar-refractivity contribution is -0.137. The minimum Gasteiger partial charge on any atom is -0.481 e. The molecule has 0 spiro atoms. The molecule has 0 saturated heterocycles. The van der Waals surface area contributed by atoms with Gasteiger partial charge in [-0.2, -0.15) is 0 Å². The van der Waals surface area contributed by atoms with E-state index in [-0.39, 0.29) is 6.42 Å². The number of furan rings is 1. The van der Waals surface area contributed by atoms with Crippen molar-refractivity contribution in [3.8, 4) is 22.3 Å². The normalized spacial score (nSPS) is 11.4. The zero-order valence-corrected chi connectivity index (χ0v) is 25.0. The van der Waals surface area contributed by atoms with Gasteiger partial charge in [0.2, 0.25) is 0 Å². The smallest absolute Gasteiger partial charge is 0.303 e. The Hall–Kier alpha value is -5.42. The zero-order valence-electron chi connectivity index (χ0n) is 25.0. The van der Waals surface area contributed by atoms with Crippen LogP contribution in [0.4, 0.5) is 0 Å². The molecule has 5 nitrogen and oxygen atoms in total. The number of hydrogen-bond acceptors (Lipinski definition) is 3. The van der Waals surface area contributed by atoms with Gasteiger partial charge in [-0.25, -0.2) is 4.98 Å². The summed E-state index contributed by atoms with van der Waals surface area (Å²) >= 11 is 0. The molecule has 0 atom stereocenters. The topological polar surface area (TPSA) is 68.3 Å². The number of aryl methyl sites for hydroxylation is 3. The number of aliphatic carboxylic acids is 1. The van der Waals surface area contributed by atoms with Crippen LogP contribution in [0.5, 0.6) is 0 Å². The number of hydrogen-bond donors (Lipinski definition) is 1. The molecule has 5 aromatic carbocycles. The average Bonchev–Trinajstić information content (AvgIpc) is 3.61. The van der Waals surface area contributed by atoms with Crippen molar-refractivity contribution in [2.45, 2.75) is 38.6 Å². The van der Waals surface area contributed by atoms with E-state index in [0.29, 0.717) is 13.0 Å². The van der Waals surface area contributed by atoms with E-state index in [9.17, 15) is 9.90 Å². The Kier molecular flexibility index (Phi) is 7.98. The van der Waals surface area contributed by atoms with Gasteiger partial charge in [0, 0.05) is 36.8 Å². The van der Waals surface area contributed by atoms with E-state index in [4.69, 9.17) is 9.40 Å². The number of rotatable bonds is 11. The van der Waals surface area contributed by atoms with E-state index in [1.807, 2.05) is 24.3 Å². The van der Waals surface area contributed by atoms with Gasteiger partial charge in [0.15, 0.2) is 0 Å². The molecule has 7 rings (SSSR count). The number of para-hydroxylation sites is 1. The van der Waals surface area contributed by atoms with Crippen molar-refractivity contribution >= 4 is 28.0 Å². The number of aromatic nitrogens is 2. The summed E-state index contributed by atoms with van der Waals surface area (Å²) < 4.78 is 8.58. The van der Waals surface area contributed by atoms with Gasteiger partial charge in [-0.3, -0.25) is 4.79 Å². The molecule has 0 saturated carbocycles. The largest absolute Gasteiger partial charge is 0.481 e. The van der Waals surface area contributed by atoms with Gasteiger partial charge in [-0.15, -0.1) is 0 Å². The summed E-state index contributed by atoms with van der Waals surface area (Å²) in [4.78, 5) is 16.3. The summed E-state index contributed by atoms with van der Waals surface area (Å²) in [6.07, 6.45) is 3.11. The van der Waals surface area contributed by atoms with Crippen molar-refractivity contribution < 1.29 is 14.3 Å². The van der Waals surface area contributed by atoms with Crippen molar-refractivity contribution in [1.82, 2.24) is 9.55 Å². The molecule has 45 heavy (non-hydrogen) atoms. The molecule has 222 valence electrons. The van der Waals surface area contributed by atoms with E-state index >= 15 is 0 Å². The number of benzene rings is 5. The van der Waals surface area contributed by atoms with Crippen LogP contribution in [0.2, 0.25) is 0 Å². The quantitative estimate of drug-likeness (QED) is 0.163. The number of fused-ring (bicyclic) bond motifs is 2. The van der Waals surface area contributed by atoms with E-state index in [2.05, 4.69) is 108 Å². The standard InChI is InChI=1S/C40H34N2O3/c43-39(44)16-9-25-42-35-23-22-32(27-34(35)41-38(42)24-17-28-10-3-1-4-11-28)30-18-20-31(21-19-30)40-33-14-7-8-15-36(33)45-37(40)26-29-12-5-2-6-13-29/h1-8,10-15,18-23,27H,9,16-17,24-26H2,(H,43,44). The number of imidazole rings is 1. The number of carbonyl (C=O) groups is 1. The fraction of sp³-hybridized carbons (Fsp3) is 0.150. The third kappa shape index (κ3) is 6.16. The fourth-order valence-corrected chi connectivity index (χ4v) is 6.24. The average molecular weight is 591 g/mol. The van der Waals surface area contributed by atoms with Crippen LogP contribution in [0, 0.1) is 0 Å². The van der Waals surface area contributed by atoms with Crippen LogP contribution in [-0.4, -0.2) is 20.6 Å². The molecule has 0 aliphatic heterocycles. The molecular weight excluding hydrogens is 556 g/mol. The van der Waals surface area contributed by atoms with Crippen LogP contribution in [0.1, 0.15) is 35.6 Å². The van der Waals surface area contributed by atoms with Crippen molar-refractivity contribution in [1.29, 1.82) is 0 Å². The lowest BCUT2D eigenvalue weighted by Crippen LogP contribution is -2.07. The molecule has 5 heteroatoms. The Morgan fingerprint density at radius 1 is 0.711 bits per heavy atom. The molecule has 0 unspecified atom stereocenters. The van der Waals surface area contributed by atoms with E-state index < -0.39 is 5.97 Å². The van der Waals surface area contributed by atoms with Crippen LogP contribution < -0.4 is 0 Å². The van der Waals surface area contributed by atoms with Crippen LogP contribution in [0.15, 0.2) is 132 Å². The Bertz CT molecular complexity index is 2070. The lowest BCUT2D eigenvalue weighted by atomic mass is 9.96.